The molecule has 156 valence electrons. The largest absolute Gasteiger partial charge is 0.484 e. The number of rotatable bonds is 5. The SMILES string of the molecule is NC1=NC2(CCCCC2)N(c2ccc(NC(=O)COc3ccccc3)cc2)C(N)=N1. The van der Waals surface area contributed by atoms with Crippen LogP contribution >= 0.6 is 0 Å². The number of aliphatic imine (C=N–C) groups is 2. The molecule has 0 radical (unpaired) electrons. The number of hydrogen-bond donors (Lipinski definition) is 3. The van der Waals surface area contributed by atoms with Gasteiger partial charge in [0.1, 0.15) is 11.4 Å². The van der Waals surface area contributed by atoms with Crippen LogP contribution in [0.1, 0.15) is 32.1 Å². The summed E-state index contributed by atoms with van der Waals surface area (Å²) in [6.07, 6.45) is 5.06. The van der Waals surface area contributed by atoms with Crippen molar-refractivity contribution in [3.05, 3.63) is 54.6 Å². The highest BCUT2D eigenvalue weighted by Crippen LogP contribution is 2.39. The third-order valence-electron chi connectivity index (χ3n) is 5.37. The summed E-state index contributed by atoms with van der Waals surface area (Å²) in [5.74, 6) is 0.998. The van der Waals surface area contributed by atoms with E-state index >= 15 is 0 Å². The first-order valence-electron chi connectivity index (χ1n) is 10.1. The Hall–Kier alpha value is -3.55. The summed E-state index contributed by atoms with van der Waals surface area (Å²) in [7, 11) is 0. The van der Waals surface area contributed by atoms with Gasteiger partial charge in [0.2, 0.25) is 11.9 Å². The number of nitrogens with two attached hydrogens (primary N) is 2. The van der Waals surface area contributed by atoms with Crippen LogP contribution in [0.5, 0.6) is 5.75 Å². The van der Waals surface area contributed by atoms with E-state index in [4.69, 9.17) is 16.2 Å². The van der Waals surface area contributed by atoms with Crippen molar-refractivity contribution in [3.63, 3.8) is 0 Å². The minimum absolute atomic E-state index is 0.0609. The van der Waals surface area contributed by atoms with Crippen molar-refractivity contribution in [3.8, 4) is 5.75 Å². The lowest BCUT2D eigenvalue weighted by Gasteiger charge is -2.45. The standard InChI is InChI=1S/C22H26N6O2/c23-20-26-21(24)28(22(27-20)13-5-2-6-14-22)17-11-9-16(10-12-17)25-19(29)15-30-18-7-3-1-4-8-18/h1,3-4,7-12H,2,5-6,13-15H2,(H,25,29)(H4,23,24,26,27). The Morgan fingerprint density at radius 2 is 1.73 bits per heavy atom. The van der Waals surface area contributed by atoms with Crippen LogP contribution in [-0.2, 0) is 4.79 Å². The number of nitrogens with zero attached hydrogens (tertiary/aromatic N) is 3. The number of guanidine groups is 2. The fourth-order valence-corrected chi connectivity index (χ4v) is 4.05. The van der Waals surface area contributed by atoms with E-state index in [0.717, 1.165) is 31.4 Å². The summed E-state index contributed by atoms with van der Waals surface area (Å²) in [6.45, 7) is -0.0609. The third kappa shape index (κ3) is 4.22. The van der Waals surface area contributed by atoms with Crippen LogP contribution in [0.15, 0.2) is 64.6 Å². The molecular formula is C22H26N6O2. The first-order valence-corrected chi connectivity index (χ1v) is 10.1. The number of carbonyl (C=O) groups excluding carboxylic acids is 1. The maximum atomic E-state index is 12.2. The quantitative estimate of drug-likeness (QED) is 0.706. The number of carbonyl (C=O) groups is 1. The lowest BCUT2D eigenvalue weighted by molar-refractivity contribution is -0.118. The van der Waals surface area contributed by atoms with Gasteiger partial charge in [-0.3, -0.25) is 9.69 Å². The van der Waals surface area contributed by atoms with Gasteiger partial charge in [0.25, 0.3) is 5.91 Å². The summed E-state index contributed by atoms with van der Waals surface area (Å²) < 4.78 is 5.48. The molecule has 1 fully saturated rings. The van der Waals surface area contributed by atoms with Crippen LogP contribution in [-0.4, -0.2) is 30.1 Å². The molecule has 8 nitrogen and oxygen atoms in total. The van der Waals surface area contributed by atoms with E-state index in [1.54, 1.807) is 0 Å². The van der Waals surface area contributed by atoms with Gasteiger partial charge in [0.05, 0.1) is 0 Å². The molecule has 2 aromatic carbocycles. The Morgan fingerprint density at radius 1 is 1.03 bits per heavy atom. The van der Waals surface area contributed by atoms with Gasteiger partial charge < -0.3 is 21.5 Å². The maximum Gasteiger partial charge on any atom is 0.262 e. The van der Waals surface area contributed by atoms with E-state index in [0.29, 0.717) is 17.4 Å². The minimum atomic E-state index is -0.484. The maximum absolute atomic E-state index is 12.2. The van der Waals surface area contributed by atoms with Gasteiger partial charge in [-0.25, -0.2) is 4.99 Å². The molecule has 1 spiro atoms. The molecule has 8 heteroatoms. The monoisotopic (exact) mass is 406 g/mol. The van der Waals surface area contributed by atoms with Gasteiger partial charge in [-0.2, -0.15) is 4.99 Å². The van der Waals surface area contributed by atoms with E-state index < -0.39 is 5.66 Å². The van der Waals surface area contributed by atoms with Gasteiger partial charge in [-0.1, -0.05) is 24.6 Å². The second-order valence-electron chi connectivity index (χ2n) is 7.52. The predicted octanol–water partition coefficient (Wildman–Crippen LogP) is 2.81. The normalized spacial score (nSPS) is 17.8. The topological polar surface area (TPSA) is 118 Å². The molecule has 1 heterocycles. The van der Waals surface area contributed by atoms with Gasteiger partial charge in [0.15, 0.2) is 6.61 Å². The van der Waals surface area contributed by atoms with Gasteiger partial charge in [-0.05, 0) is 62.1 Å². The van der Waals surface area contributed by atoms with Crippen molar-refractivity contribution in [1.82, 2.24) is 0 Å². The highest BCUT2D eigenvalue weighted by molar-refractivity contribution is 6.05. The number of nitrogens with one attached hydrogen (secondary N) is 1. The molecule has 1 amide bonds. The van der Waals surface area contributed by atoms with Crippen molar-refractivity contribution < 1.29 is 9.53 Å². The molecule has 0 atom stereocenters. The summed E-state index contributed by atoms with van der Waals surface area (Å²) in [4.78, 5) is 23.0. The lowest BCUT2D eigenvalue weighted by Crippen LogP contribution is -2.58. The van der Waals surface area contributed by atoms with Crippen LogP contribution in [0.4, 0.5) is 11.4 Å². The summed E-state index contributed by atoms with van der Waals surface area (Å²) in [5, 5.41) is 2.84. The molecule has 0 aromatic heterocycles. The summed E-state index contributed by atoms with van der Waals surface area (Å²) >= 11 is 0. The first-order chi connectivity index (χ1) is 14.6. The zero-order valence-electron chi connectivity index (χ0n) is 16.8. The van der Waals surface area contributed by atoms with Crippen LogP contribution in [0.2, 0.25) is 0 Å². The van der Waals surface area contributed by atoms with Crippen molar-refractivity contribution in [2.75, 3.05) is 16.8 Å². The number of para-hydroxylation sites is 1. The lowest BCUT2D eigenvalue weighted by atomic mass is 9.87. The molecule has 2 aliphatic rings. The molecule has 1 saturated carbocycles. The van der Waals surface area contributed by atoms with E-state index in [1.165, 1.54) is 6.42 Å². The second-order valence-corrected chi connectivity index (χ2v) is 7.52. The zero-order valence-corrected chi connectivity index (χ0v) is 16.8. The Bertz CT molecular complexity index is 949. The van der Waals surface area contributed by atoms with E-state index in [2.05, 4.69) is 15.3 Å². The van der Waals surface area contributed by atoms with Crippen LogP contribution in [0, 0.1) is 0 Å². The molecule has 0 bridgehead atoms. The van der Waals surface area contributed by atoms with E-state index in [-0.39, 0.29) is 18.5 Å². The van der Waals surface area contributed by atoms with Crippen molar-refractivity contribution in [2.24, 2.45) is 21.5 Å². The number of benzene rings is 2. The molecule has 4 rings (SSSR count). The molecule has 0 saturated heterocycles. The van der Waals surface area contributed by atoms with E-state index in [1.807, 2.05) is 59.5 Å². The van der Waals surface area contributed by atoms with Crippen molar-refractivity contribution in [2.45, 2.75) is 37.8 Å². The van der Waals surface area contributed by atoms with Crippen LogP contribution < -0.4 is 26.4 Å². The van der Waals surface area contributed by atoms with Crippen molar-refractivity contribution >= 4 is 29.2 Å². The molecule has 0 unspecified atom stereocenters. The Balaban J connectivity index is 1.44. The fourth-order valence-electron chi connectivity index (χ4n) is 4.05. The number of anilines is 2. The molecule has 1 aliphatic carbocycles. The minimum Gasteiger partial charge on any atom is -0.484 e. The molecule has 2 aromatic rings. The Morgan fingerprint density at radius 3 is 2.43 bits per heavy atom. The predicted molar refractivity (Wildman–Crippen MR) is 119 cm³/mol. The first kappa shape index (κ1) is 19.8. The molecule has 30 heavy (non-hydrogen) atoms. The summed E-state index contributed by atoms with van der Waals surface area (Å²) in [5.41, 5.74) is 13.2. The zero-order chi connectivity index (χ0) is 21.0. The molecule has 1 aliphatic heterocycles. The average Bonchev–Trinajstić information content (AvgIpc) is 2.74. The van der Waals surface area contributed by atoms with Crippen LogP contribution in [0.25, 0.3) is 0 Å². The van der Waals surface area contributed by atoms with Gasteiger partial charge >= 0.3 is 0 Å². The average molecular weight is 406 g/mol. The highest BCUT2D eigenvalue weighted by Gasteiger charge is 2.42. The van der Waals surface area contributed by atoms with Gasteiger partial charge in [0, 0.05) is 11.4 Å². The Kier molecular flexibility index (Phi) is 5.56. The number of hydrogen-bond acceptors (Lipinski definition) is 7. The van der Waals surface area contributed by atoms with E-state index in [9.17, 15) is 4.79 Å². The number of ether oxygens (including phenoxy) is 1. The fraction of sp³-hybridized carbons (Fsp3) is 0.318. The number of amides is 1. The Labute approximate surface area is 175 Å². The smallest absolute Gasteiger partial charge is 0.262 e. The highest BCUT2D eigenvalue weighted by atomic mass is 16.5. The molecular weight excluding hydrogens is 380 g/mol. The van der Waals surface area contributed by atoms with Crippen LogP contribution in [0.3, 0.4) is 0 Å². The third-order valence-corrected chi connectivity index (χ3v) is 5.37. The van der Waals surface area contributed by atoms with Crippen molar-refractivity contribution in [1.29, 1.82) is 0 Å². The summed E-state index contributed by atoms with van der Waals surface area (Å²) in [6, 6.07) is 16.7. The van der Waals surface area contributed by atoms with Gasteiger partial charge in [-0.15, -0.1) is 0 Å². The second kappa shape index (κ2) is 8.44. The molecule has 5 N–H and O–H groups in total.